The van der Waals surface area contributed by atoms with Crippen LogP contribution in [0.3, 0.4) is 0 Å². The minimum Gasteiger partial charge on any atom is -0.472 e. The summed E-state index contributed by atoms with van der Waals surface area (Å²) in [6.07, 6.45) is 13.5. The van der Waals surface area contributed by atoms with Crippen LogP contribution >= 0.6 is 0 Å². The van der Waals surface area contributed by atoms with E-state index in [0.717, 1.165) is 38.5 Å². The van der Waals surface area contributed by atoms with E-state index in [0.29, 0.717) is 5.92 Å². The molecule has 1 aromatic heterocycles. The smallest absolute Gasteiger partial charge is 0.0934 e. The van der Waals surface area contributed by atoms with Crippen LogP contribution in [0.25, 0.3) is 0 Å². The molecule has 1 fully saturated rings. The molecule has 124 valence electrons. The number of aryl methyl sites for hydroxylation is 1. The molecule has 2 rings (SSSR count). The van der Waals surface area contributed by atoms with E-state index in [9.17, 15) is 5.11 Å². The second kappa shape index (κ2) is 7.04. The molecule has 0 bridgehead atoms. The van der Waals surface area contributed by atoms with Crippen molar-refractivity contribution >= 4 is 0 Å². The summed E-state index contributed by atoms with van der Waals surface area (Å²) < 4.78 is 5.10. The number of rotatable bonds is 6. The van der Waals surface area contributed by atoms with Gasteiger partial charge in [0.2, 0.25) is 0 Å². The molecule has 1 aromatic rings. The lowest BCUT2D eigenvalue weighted by Crippen LogP contribution is -2.46. The van der Waals surface area contributed by atoms with Gasteiger partial charge in [-0.05, 0) is 75.3 Å². The highest BCUT2D eigenvalue weighted by Gasteiger charge is 2.44. The summed E-state index contributed by atoms with van der Waals surface area (Å²) in [7, 11) is 0. The second-order valence-corrected chi connectivity index (χ2v) is 8.01. The van der Waals surface area contributed by atoms with Gasteiger partial charge in [0.1, 0.15) is 0 Å². The van der Waals surface area contributed by atoms with E-state index >= 15 is 0 Å². The van der Waals surface area contributed by atoms with Crippen LogP contribution in [0.4, 0.5) is 0 Å². The van der Waals surface area contributed by atoms with E-state index in [4.69, 9.17) is 4.42 Å². The van der Waals surface area contributed by atoms with Gasteiger partial charge in [0.15, 0.2) is 0 Å². The van der Waals surface area contributed by atoms with E-state index in [2.05, 4.69) is 26.8 Å². The van der Waals surface area contributed by atoms with Crippen molar-refractivity contribution in [2.24, 2.45) is 11.3 Å². The summed E-state index contributed by atoms with van der Waals surface area (Å²) in [5.74, 6) is 0.394. The minimum atomic E-state index is -0.501. The summed E-state index contributed by atoms with van der Waals surface area (Å²) >= 11 is 0. The van der Waals surface area contributed by atoms with Gasteiger partial charge in [0.25, 0.3) is 0 Å². The maximum absolute atomic E-state index is 10.8. The average molecular weight is 304 g/mol. The SMILES string of the molecule is C/C(=C\CCc1ccoc1)CC[C@@H]1C(C)(C)CCC[C@@]1(C)O. The van der Waals surface area contributed by atoms with Crippen LogP contribution in [0.1, 0.15) is 71.8 Å². The van der Waals surface area contributed by atoms with Crippen LogP contribution in [0.15, 0.2) is 34.7 Å². The Morgan fingerprint density at radius 2 is 2.14 bits per heavy atom. The molecule has 0 amide bonds. The first-order chi connectivity index (χ1) is 10.3. The zero-order chi connectivity index (χ0) is 16.2. The maximum Gasteiger partial charge on any atom is 0.0934 e. The van der Waals surface area contributed by atoms with Crippen LogP contribution in [-0.4, -0.2) is 10.7 Å². The highest BCUT2D eigenvalue weighted by atomic mass is 16.3. The number of hydrogen-bond donors (Lipinski definition) is 1. The van der Waals surface area contributed by atoms with Gasteiger partial charge >= 0.3 is 0 Å². The Morgan fingerprint density at radius 1 is 1.36 bits per heavy atom. The van der Waals surface area contributed by atoms with Crippen LogP contribution in [-0.2, 0) is 6.42 Å². The fourth-order valence-corrected chi connectivity index (χ4v) is 4.19. The molecule has 1 aliphatic rings. The van der Waals surface area contributed by atoms with Gasteiger partial charge in [-0.15, -0.1) is 0 Å². The molecule has 0 unspecified atom stereocenters. The summed E-state index contributed by atoms with van der Waals surface area (Å²) in [6.45, 7) is 8.91. The Hall–Kier alpha value is -1.02. The van der Waals surface area contributed by atoms with Crippen molar-refractivity contribution in [2.45, 2.75) is 78.2 Å². The zero-order valence-corrected chi connectivity index (χ0v) is 14.7. The third-order valence-corrected chi connectivity index (χ3v) is 5.53. The minimum absolute atomic E-state index is 0.249. The first-order valence-corrected chi connectivity index (χ1v) is 8.70. The fourth-order valence-electron chi connectivity index (χ4n) is 4.19. The first kappa shape index (κ1) is 17.3. The van der Waals surface area contributed by atoms with Crippen molar-refractivity contribution in [3.05, 3.63) is 35.8 Å². The fraction of sp³-hybridized carbons (Fsp3) is 0.700. The average Bonchev–Trinajstić information content (AvgIpc) is 2.89. The summed E-state index contributed by atoms with van der Waals surface area (Å²) in [4.78, 5) is 0. The molecule has 1 N–H and O–H groups in total. The molecular formula is C20H32O2. The van der Waals surface area contributed by atoms with E-state index in [1.807, 2.05) is 19.3 Å². The van der Waals surface area contributed by atoms with Crippen molar-refractivity contribution in [2.75, 3.05) is 0 Å². The summed E-state index contributed by atoms with van der Waals surface area (Å²) in [6, 6.07) is 2.03. The van der Waals surface area contributed by atoms with E-state index in [1.54, 1.807) is 6.26 Å². The Balaban J connectivity index is 1.84. The van der Waals surface area contributed by atoms with E-state index < -0.39 is 5.60 Å². The van der Waals surface area contributed by atoms with Crippen LogP contribution in [0, 0.1) is 11.3 Å². The molecule has 2 atom stereocenters. The van der Waals surface area contributed by atoms with Crippen LogP contribution in [0.5, 0.6) is 0 Å². The molecule has 0 spiro atoms. The number of allylic oxidation sites excluding steroid dienone is 2. The van der Waals surface area contributed by atoms with Gasteiger partial charge in [0, 0.05) is 0 Å². The highest BCUT2D eigenvalue weighted by molar-refractivity contribution is 5.08. The largest absolute Gasteiger partial charge is 0.472 e. The number of furan rings is 1. The highest BCUT2D eigenvalue weighted by Crippen LogP contribution is 2.48. The van der Waals surface area contributed by atoms with Gasteiger partial charge in [-0.3, -0.25) is 0 Å². The Bertz CT molecular complexity index is 464. The number of aliphatic hydroxyl groups is 1. The Morgan fingerprint density at radius 3 is 2.77 bits per heavy atom. The molecule has 0 aromatic carbocycles. The molecule has 0 aliphatic heterocycles. The van der Waals surface area contributed by atoms with Crippen molar-refractivity contribution in [3.63, 3.8) is 0 Å². The van der Waals surface area contributed by atoms with Gasteiger partial charge in [-0.1, -0.05) is 31.9 Å². The third kappa shape index (κ3) is 4.49. The van der Waals surface area contributed by atoms with Crippen molar-refractivity contribution in [1.82, 2.24) is 0 Å². The second-order valence-electron chi connectivity index (χ2n) is 8.01. The molecule has 2 nitrogen and oxygen atoms in total. The van der Waals surface area contributed by atoms with Gasteiger partial charge in [0.05, 0.1) is 18.1 Å². The van der Waals surface area contributed by atoms with Gasteiger partial charge < -0.3 is 9.52 Å². The standard InChI is InChI=1S/C20H32O2/c1-16(7-5-8-17-11-14-22-15-17)9-10-18-19(2,3)12-6-13-20(18,4)21/h7,11,14-15,18,21H,5-6,8-10,12-13H2,1-4H3/b16-7+/t18-,20-/m1/s1. The molecule has 1 heterocycles. The lowest BCUT2D eigenvalue weighted by Gasteiger charge is -2.48. The third-order valence-electron chi connectivity index (χ3n) is 5.53. The number of hydrogen-bond acceptors (Lipinski definition) is 2. The topological polar surface area (TPSA) is 33.4 Å². The van der Waals surface area contributed by atoms with Gasteiger partial charge in [-0.25, -0.2) is 0 Å². The predicted octanol–water partition coefficient (Wildman–Crippen LogP) is 5.52. The summed E-state index contributed by atoms with van der Waals surface area (Å²) in [5.41, 5.74) is 2.46. The Labute approximate surface area is 135 Å². The molecule has 2 heteroatoms. The Kier molecular flexibility index (Phi) is 5.55. The first-order valence-electron chi connectivity index (χ1n) is 8.70. The molecule has 1 aliphatic carbocycles. The molecule has 0 saturated heterocycles. The quantitative estimate of drug-likeness (QED) is 0.702. The van der Waals surface area contributed by atoms with Crippen LogP contribution in [0.2, 0.25) is 0 Å². The summed E-state index contributed by atoms with van der Waals surface area (Å²) in [5, 5.41) is 10.8. The zero-order valence-electron chi connectivity index (χ0n) is 14.7. The van der Waals surface area contributed by atoms with E-state index in [1.165, 1.54) is 17.6 Å². The van der Waals surface area contributed by atoms with E-state index in [-0.39, 0.29) is 5.41 Å². The molecule has 0 radical (unpaired) electrons. The maximum atomic E-state index is 10.8. The lowest BCUT2D eigenvalue weighted by atomic mass is 9.60. The van der Waals surface area contributed by atoms with Crippen molar-refractivity contribution in [1.29, 1.82) is 0 Å². The normalized spacial score (nSPS) is 28.8. The molecule has 22 heavy (non-hydrogen) atoms. The van der Waals surface area contributed by atoms with Gasteiger partial charge in [-0.2, -0.15) is 0 Å². The monoisotopic (exact) mass is 304 g/mol. The molecular weight excluding hydrogens is 272 g/mol. The lowest BCUT2D eigenvalue weighted by molar-refractivity contribution is -0.0918. The molecule has 1 saturated carbocycles. The van der Waals surface area contributed by atoms with Crippen LogP contribution < -0.4 is 0 Å². The predicted molar refractivity (Wildman–Crippen MR) is 91.8 cm³/mol. The van der Waals surface area contributed by atoms with Crippen molar-refractivity contribution in [3.8, 4) is 0 Å². The van der Waals surface area contributed by atoms with Crippen molar-refractivity contribution < 1.29 is 9.52 Å².